The van der Waals surface area contributed by atoms with Gasteiger partial charge in [-0.3, -0.25) is 15.0 Å². The Morgan fingerprint density at radius 1 is 0.123 bits per heavy atom. The van der Waals surface area contributed by atoms with Crippen LogP contribution in [-0.2, 0) is 0 Å². The van der Waals surface area contributed by atoms with Crippen molar-refractivity contribution < 1.29 is 0 Å². The third kappa shape index (κ3) is 15.0. The zero-order valence-corrected chi connectivity index (χ0v) is 75.2. The highest BCUT2D eigenvalue weighted by atomic mass is 14.7. The minimum Gasteiger partial charge on any atom is -0.264 e. The van der Waals surface area contributed by atoms with Gasteiger partial charge in [-0.1, -0.05) is 425 Å². The van der Waals surface area contributed by atoms with Crippen molar-refractivity contribution in [3.05, 3.63) is 510 Å². The minimum absolute atomic E-state index is 0.969. The first-order valence-corrected chi connectivity index (χ1v) is 47.0. The summed E-state index contributed by atoms with van der Waals surface area (Å²) in [4.78, 5) is 28.9. The topological polar surface area (TPSA) is 77.3 Å². The fourth-order valence-electron chi connectivity index (χ4n) is 20.9. The second-order valence-corrected chi connectivity index (χ2v) is 35.4. The molecule has 6 heteroatoms. The van der Waals surface area contributed by atoms with Crippen molar-refractivity contribution in [2.75, 3.05) is 0 Å². The highest BCUT2D eigenvalue weighted by molar-refractivity contribution is 6.19. The van der Waals surface area contributed by atoms with Gasteiger partial charge in [0.05, 0.1) is 33.6 Å². The first-order valence-electron chi connectivity index (χ1n) is 47.0. The van der Waals surface area contributed by atoms with Gasteiger partial charge in [0.2, 0.25) is 0 Å². The Hall–Kier alpha value is -18.4. The monoisotopic (exact) mass is 1750 g/mol. The molecule has 0 amide bonds. The minimum atomic E-state index is 0.969. The van der Waals surface area contributed by atoms with Gasteiger partial charge in [-0.25, -0.2) is 15.0 Å². The first kappa shape index (κ1) is 81.6. The molecule has 138 heavy (non-hydrogen) atoms. The van der Waals surface area contributed by atoms with Gasteiger partial charge in [-0.05, 0) is 224 Å². The van der Waals surface area contributed by atoms with E-state index in [1.807, 2.05) is 37.2 Å². The lowest BCUT2D eigenvalue weighted by Crippen LogP contribution is -1.92. The Morgan fingerprint density at radius 3 is 0.783 bits per heavy atom. The van der Waals surface area contributed by atoms with E-state index >= 15 is 0 Å². The van der Waals surface area contributed by atoms with Crippen LogP contribution in [-0.4, -0.2) is 29.9 Å². The van der Waals surface area contributed by atoms with Crippen LogP contribution in [0.15, 0.2) is 510 Å². The summed E-state index contributed by atoms with van der Waals surface area (Å²) in [5.74, 6) is 0. The second kappa shape index (κ2) is 35.3. The first-order chi connectivity index (χ1) is 68.4. The maximum absolute atomic E-state index is 5.20. The highest BCUT2D eigenvalue weighted by Crippen LogP contribution is 2.47. The van der Waals surface area contributed by atoms with E-state index in [1.165, 1.54) is 192 Å². The summed E-state index contributed by atoms with van der Waals surface area (Å²) in [5, 5.41) is 25.4. The average molecular weight is 1750 g/mol. The summed E-state index contributed by atoms with van der Waals surface area (Å²) in [5.41, 5.74) is 30.8. The Bertz CT molecular complexity index is 8550. The quantitative estimate of drug-likeness (QED) is 0.113. The van der Waals surface area contributed by atoms with Crippen LogP contribution in [0.25, 0.3) is 264 Å². The zero-order valence-electron chi connectivity index (χ0n) is 75.2. The van der Waals surface area contributed by atoms with Crippen molar-refractivity contribution in [1.29, 1.82) is 0 Å². The van der Waals surface area contributed by atoms with E-state index in [1.54, 1.807) is 0 Å². The molecule has 27 rings (SSSR count). The lowest BCUT2D eigenvalue weighted by Gasteiger charge is -2.15. The molecular formula is C132H84N6. The van der Waals surface area contributed by atoms with Gasteiger partial charge in [-0.15, -0.1) is 0 Å². The molecular weight excluding hydrogens is 1670 g/mol. The Balaban J connectivity index is 0.000000110. The number of benzene rings is 21. The van der Waals surface area contributed by atoms with Crippen molar-refractivity contribution in [2.24, 2.45) is 0 Å². The molecule has 27 aromatic rings. The van der Waals surface area contributed by atoms with E-state index in [0.29, 0.717) is 0 Å². The van der Waals surface area contributed by atoms with Crippen LogP contribution in [0, 0.1) is 0 Å². The predicted octanol–water partition coefficient (Wildman–Crippen LogP) is 35.3. The molecule has 0 aliphatic carbocycles. The van der Waals surface area contributed by atoms with Crippen LogP contribution in [0.5, 0.6) is 0 Å². The number of rotatable bonds is 12. The number of hydrogen-bond donors (Lipinski definition) is 0. The van der Waals surface area contributed by atoms with Gasteiger partial charge in [0, 0.05) is 91.8 Å². The molecule has 6 nitrogen and oxygen atoms in total. The van der Waals surface area contributed by atoms with Gasteiger partial charge >= 0.3 is 0 Å². The Labute approximate surface area is 798 Å². The van der Waals surface area contributed by atoms with Crippen LogP contribution in [0.3, 0.4) is 0 Å². The van der Waals surface area contributed by atoms with E-state index in [2.05, 4.69) is 488 Å². The summed E-state index contributed by atoms with van der Waals surface area (Å²) in [7, 11) is 0. The maximum Gasteiger partial charge on any atom is 0.0722 e. The fraction of sp³-hybridized carbons (Fsp3) is 0. The molecule has 642 valence electrons. The molecule has 6 heterocycles. The third-order valence-corrected chi connectivity index (χ3v) is 27.5. The molecule has 0 atom stereocenters. The molecule has 0 saturated carbocycles. The van der Waals surface area contributed by atoms with E-state index in [-0.39, 0.29) is 0 Å². The molecule has 0 fully saturated rings. The van der Waals surface area contributed by atoms with Crippen LogP contribution in [0.2, 0.25) is 0 Å². The molecule has 21 aromatic carbocycles. The molecule has 0 spiro atoms. The van der Waals surface area contributed by atoms with Gasteiger partial charge < -0.3 is 0 Å². The molecule has 0 radical (unpaired) electrons. The van der Waals surface area contributed by atoms with E-state index < -0.39 is 0 Å². The summed E-state index contributed by atoms with van der Waals surface area (Å²) >= 11 is 0. The average Bonchev–Trinajstić information content (AvgIpc) is 0.758. The Kier molecular flexibility index (Phi) is 20.9. The number of hydrogen-bond acceptors (Lipinski definition) is 6. The second-order valence-electron chi connectivity index (χ2n) is 35.4. The van der Waals surface area contributed by atoms with Crippen LogP contribution >= 0.6 is 0 Å². The maximum atomic E-state index is 5.20. The highest BCUT2D eigenvalue weighted by Gasteiger charge is 2.22. The largest absolute Gasteiger partial charge is 0.264 e. The third-order valence-electron chi connectivity index (χ3n) is 27.5. The summed E-state index contributed by atoms with van der Waals surface area (Å²) in [6, 6.07) is 169. The number of aromatic nitrogens is 6. The molecule has 6 aromatic heterocycles. The van der Waals surface area contributed by atoms with E-state index in [4.69, 9.17) is 15.0 Å². The summed E-state index contributed by atoms with van der Waals surface area (Å²) in [6.45, 7) is 0. The van der Waals surface area contributed by atoms with E-state index in [9.17, 15) is 0 Å². The standard InChI is InChI=1S/3C44H28N2/c1-2-10-29(11-3-1)40-26-43(46-42-25-22-30-12-4-7-15-36(30)44(40)42)32-20-18-31(19-21-32)35-23-24-39(38-17-9-8-16-37(35)38)41-28-45-27-33-13-5-6-14-34(33)41;1-2-9-29(10-3-1)41-27-43(46-42-24-21-30-11-4-5-13-36(30)44(41)42)32-19-17-31(18-20-32)34-22-23-40(39-15-7-6-14-37(34)39)38-16-8-12-33-28-45-26-25-35(33)38;1-2-9-29(10-3-1)40-27-43(46-42-24-21-30-11-4-5-13-35(30)44(40)42)33-19-17-32(18-20-33)34-22-23-39(37-15-7-6-14-36(34)37)38-16-8-12-31-25-26-45-28-41(31)38/h3*1-28H. The lowest BCUT2D eigenvalue weighted by molar-refractivity contribution is 1.36. The van der Waals surface area contributed by atoms with Gasteiger partial charge in [0.15, 0.2) is 0 Å². The van der Waals surface area contributed by atoms with Gasteiger partial charge in [0.25, 0.3) is 0 Å². The summed E-state index contributed by atoms with van der Waals surface area (Å²) < 4.78 is 0. The zero-order chi connectivity index (χ0) is 91.4. The van der Waals surface area contributed by atoms with Crippen LogP contribution in [0.1, 0.15) is 0 Å². The number of pyridine rings is 6. The van der Waals surface area contributed by atoms with Crippen molar-refractivity contribution >= 4 is 130 Å². The van der Waals surface area contributed by atoms with E-state index in [0.717, 1.165) is 72.0 Å². The van der Waals surface area contributed by atoms with Crippen molar-refractivity contribution in [1.82, 2.24) is 29.9 Å². The SMILES string of the molecule is c1ccc(-c2cc(-c3ccc(-c4ccc(-c5cccc6ccncc56)c5ccccc45)cc3)nc3ccc4ccccc4c23)cc1.c1ccc(-c2cc(-c3ccc(-c4ccc(-c5cccc6cnccc56)c5ccccc45)cc3)nc3ccc4ccccc4c23)cc1.c1ccc(-c2cc(-c3ccc(-c4ccc(-c5cncc6ccccc56)c5ccccc45)cc3)nc3ccc4ccccc4c23)cc1. The lowest BCUT2D eigenvalue weighted by atomic mass is 9.90. The predicted molar refractivity (Wildman–Crippen MR) is 581 cm³/mol. The van der Waals surface area contributed by atoms with Gasteiger partial charge in [-0.2, -0.15) is 0 Å². The van der Waals surface area contributed by atoms with Gasteiger partial charge in [0.1, 0.15) is 0 Å². The normalized spacial score (nSPS) is 11.5. The summed E-state index contributed by atoms with van der Waals surface area (Å²) in [6.07, 6.45) is 11.6. The Morgan fingerprint density at radius 2 is 0.384 bits per heavy atom. The molecule has 0 unspecified atom stereocenters. The molecule has 0 bridgehead atoms. The number of nitrogens with zero attached hydrogens (tertiary/aromatic N) is 6. The smallest absolute Gasteiger partial charge is 0.0722 e. The van der Waals surface area contributed by atoms with Crippen molar-refractivity contribution in [3.8, 4) is 134 Å². The van der Waals surface area contributed by atoms with Crippen molar-refractivity contribution in [2.45, 2.75) is 0 Å². The fourth-order valence-corrected chi connectivity index (χ4v) is 20.9. The van der Waals surface area contributed by atoms with Crippen molar-refractivity contribution in [3.63, 3.8) is 0 Å². The molecule has 0 aliphatic rings. The van der Waals surface area contributed by atoms with Crippen LogP contribution in [0.4, 0.5) is 0 Å². The molecule has 0 saturated heterocycles. The molecule has 0 N–H and O–H groups in total. The molecule has 0 aliphatic heterocycles. The van der Waals surface area contributed by atoms with Crippen LogP contribution < -0.4 is 0 Å². The number of fused-ring (bicyclic) bond motifs is 15.